The maximum absolute atomic E-state index is 5.68. The fraction of sp³-hybridized carbons (Fsp3) is 0.350. The van der Waals surface area contributed by atoms with Gasteiger partial charge in [-0.3, -0.25) is 0 Å². The molecule has 0 atom stereocenters. The molecule has 0 radical (unpaired) electrons. The summed E-state index contributed by atoms with van der Waals surface area (Å²) in [6.45, 7) is 6.78. The summed E-state index contributed by atoms with van der Waals surface area (Å²) in [7, 11) is 0. The average Bonchev–Trinajstić information content (AvgIpc) is 3.19. The lowest BCUT2D eigenvalue weighted by Gasteiger charge is -2.12. The molecule has 0 aliphatic rings. The van der Waals surface area contributed by atoms with E-state index < -0.39 is 0 Å². The number of nitrogens with zero attached hydrogens (tertiary/aromatic N) is 4. The molecule has 0 aliphatic carbocycles. The third-order valence-electron chi connectivity index (χ3n) is 3.89. The summed E-state index contributed by atoms with van der Waals surface area (Å²) in [6, 6.07) is 16.0. The number of ether oxygens (including phenoxy) is 2. The number of benzene rings is 2. The molecule has 0 unspecified atom stereocenters. The van der Waals surface area contributed by atoms with Gasteiger partial charge in [0, 0.05) is 18.8 Å². The molecule has 0 aliphatic heterocycles. The molecule has 148 valence electrons. The van der Waals surface area contributed by atoms with E-state index in [1.54, 1.807) is 16.4 Å². The quantitative estimate of drug-likeness (QED) is 0.391. The number of hydrogen-bond acceptors (Lipinski definition) is 7. The lowest BCUT2D eigenvalue weighted by atomic mass is 10.2. The van der Waals surface area contributed by atoms with Crippen LogP contribution in [0.25, 0.3) is 5.69 Å². The van der Waals surface area contributed by atoms with Crippen LogP contribution < -0.4 is 14.8 Å². The Labute approximate surface area is 169 Å². The minimum absolute atomic E-state index is 0.615. The van der Waals surface area contributed by atoms with E-state index in [2.05, 4.69) is 26.9 Å². The molecule has 28 heavy (non-hydrogen) atoms. The Balaban J connectivity index is 1.48. The predicted octanol–water partition coefficient (Wildman–Crippen LogP) is 3.34. The van der Waals surface area contributed by atoms with Gasteiger partial charge in [-0.25, -0.2) is 0 Å². The van der Waals surface area contributed by atoms with Gasteiger partial charge >= 0.3 is 0 Å². The monoisotopic (exact) mass is 399 g/mol. The van der Waals surface area contributed by atoms with Crippen LogP contribution in [0.1, 0.15) is 19.4 Å². The maximum Gasteiger partial charge on any atom is 0.214 e. The van der Waals surface area contributed by atoms with Gasteiger partial charge in [0.25, 0.3) is 0 Å². The summed E-state index contributed by atoms with van der Waals surface area (Å²) in [5.74, 6) is 2.44. The molecule has 1 heterocycles. The van der Waals surface area contributed by atoms with Gasteiger partial charge in [-0.05, 0) is 54.1 Å². The second kappa shape index (κ2) is 10.7. The first-order valence-electron chi connectivity index (χ1n) is 9.37. The maximum atomic E-state index is 5.68. The number of tetrazole rings is 1. The Morgan fingerprint density at radius 1 is 1.00 bits per heavy atom. The molecule has 0 spiro atoms. The molecule has 0 bridgehead atoms. The molecule has 3 rings (SSSR count). The van der Waals surface area contributed by atoms with Gasteiger partial charge in [0.1, 0.15) is 0 Å². The molecular weight excluding hydrogens is 374 g/mol. The van der Waals surface area contributed by atoms with Gasteiger partial charge in [0.05, 0.1) is 18.9 Å². The third kappa shape index (κ3) is 5.46. The van der Waals surface area contributed by atoms with Crippen LogP contribution in [0.15, 0.2) is 53.7 Å². The van der Waals surface area contributed by atoms with Crippen molar-refractivity contribution in [1.82, 2.24) is 25.5 Å². The van der Waals surface area contributed by atoms with Gasteiger partial charge in [-0.15, -0.1) is 5.10 Å². The van der Waals surface area contributed by atoms with E-state index in [9.17, 15) is 0 Å². The van der Waals surface area contributed by atoms with Crippen LogP contribution in [0.2, 0.25) is 0 Å². The highest BCUT2D eigenvalue weighted by molar-refractivity contribution is 7.99. The summed E-state index contributed by atoms with van der Waals surface area (Å²) in [4.78, 5) is 0. The minimum atomic E-state index is 0.615. The van der Waals surface area contributed by atoms with Crippen LogP contribution in [0.4, 0.5) is 0 Å². The highest BCUT2D eigenvalue weighted by Crippen LogP contribution is 2.28. The highest BCUT2D eigenvalue weighted by atomic mass is 32.2. The summed E-state index contributed by atoms with van der Waals surface area (Å²) < 4.78 is 13.0. The van der Waals surface area contributed by atoms with E-state index in [0.717, 1.165) is 46.7 Å². The Morgan fingerprint density at radius 3 is 2.57 bits per heavy atom. The zero-order valence-corrected chi connectivity index (χ0v) is 17.0. The van der Waals surface area contributed by atoms with E-state index in [0.29, 0.717) is 13.2 Å². The first kappa shape index (κ1) is 20.2. The molecule has 0 fully saturated rings. The Hall–Kier alpha value is -2.58. The highest BCUT2D eigenvalue weighted by Gasteiger charge is 2.09. The second-order valence-electron chi connectivity index (χ2n) is 5.88. The van der Waals surface area contributed by atoms with Crippen LogP contribution in [-0.4, -0.2) is 45.7 Å². The van der Waals surface area contributed by atoms with Gasteiger partial charge < -0.3 is 14.8 Å². The zero-order valence-electron chi connectivity index (χ0n) is 16.2. The van der Waals surface area contributed by atoms with E-state index in [1.807, 2.05) is 56.3 Å². The zero-order chi connectivity index (χ0) is 19.6. The van der Waals surface area contributed by atoms with Crippen molar-refractivity contribution in [2.45, 2.75) is 25.5 Å². The molecule has 8 heteroatoms. The van der Waals surface area contributed by atoms with Crippen molar-refractivity contribution in [2.24, 2.45) is 0 Å². The first-order valence-corrected chi connectivity index (χ1v) is 10.4. The van der Waals surface area contributed by atoms with Gasteiger partial charge in [0.15, 0.2) is 11.5 Å². The third-order valence-corrected chi connectivity index (χ3v) is 4.81. The molecule has 0 saturated heterocycles. The largest absolute Gasteiger partial charge is 0.490 e. The Bertz CT molecular complexity index is 857. The van der Waals surface area contributed by atoms with Crippen molar-refractivity contribution in [1.29, 1.82) is 0 Å². The molecule has 7 nitrogen and oxygen atoms in total. The number of nitrogens with one attached hydrogen (secondary N) is 1. The van der Waals surface area contributed by atoms with Crippen LogP contribution in [0.5, 0.6) is 11.5 Å². The van der Waals surface area contributed by atoms with Crippen molar-refractivity contribution in [3.8, 4) is 17.2 Å². The summed E-state index contributed by atoms with van der Waals surface area (Å²) in [6.07, 6.45) is 0. The lowest BCUT2D eigenvalue weighted by molar-refractivity contribution is 0.287. The van der Waals surface area contributed by atoms with Crippen molar-refractivity contribution < 1.29 is 9.47 Å². The topological polar surface area (TPSA) is 74.1 Å². The molecule has 2 aromatic carbocycles. The predicted molar refractivity (Wildman–Crippen MR) is 110 cm³/mol. The first-order chi connectivity index (χ1) is 13.8. The molecule has 0 saturated carbocycles. The SMILES string of the molecule is CCOc1ccc(CNCCSc2nnnn2-c2ccccc2)cc1OCC. The normalized spacial score (nSPS) is 10.8. The van der Waals surface area contributed by atoms with Gasteiger partial charge in [0.2, 0.25) is 5.16 Å². The van der Waals surface area contributed by atoms with Gasteiger partial charge in [-0.1, -0.05) is 36.0 Å². The van der Waals surface area contributed by atoms with Crippen molar-refractivity contribution in [2.75, 3.05) is 25.5 Å². The van der Waals surface area contributed by atoms with Crippen LogP contribution >= 0.6 is 11.8 Å². The van der Waals surface area contributed by atoms with Gasteiger partial charge in [-0.2, -0.15) is 4.68 Å². The Kier molecular flexibility index (Phi) is 7.69. The number of hydrogen-bond donors (Lipinski definition) is 1. The van der Waals surface area contributed by atoms with Crippen molar-refractivity contribution in [3.63, 3.8) is 0 Å². The fourth-order valence-electron chi connectivity index (χ4n) is 2.65. The summed E-state index contributed by atoms with van der Waals surface area (Å²) in [5.41, 5.74) is 2.12. The molecular formula is C20H25N5O2S. The molecule has 1 N–H and O–H groups in total. The second-order valence-corrected chi connectivity index (χ2v) is 6.94. The van der Waals surface area contributed by atoms with E-state index in [-0.39, 0.29) is 0 Å². The summed E-state index contributed by atoms with van der Waals surface area (Å²) in [5, 5.41) is 16.2. The molecule has 3 aromatic rings. The number of rotatable bonds is 11. The Morgan fingerprint density at radius 2 is 1.79 bits per heavy atom. The number of thioether (sulfide) groups is 1. The average molecular weight is 400 g/mol. The number of aromatic nitrogens is 4. The van der Waals surface area contributed by atoms with E-state index >= 15 is 0 Å². The standard InChI is InChI=1S/C20H25N5O2S/c1-3-26-18-11-10-16(14-19(18)27-4-2)15-21-12-13-28-20-22-23-24-25(20)17-8-6-5-7-9-17/h5-11,14,21H,3-4,12-13,15H2,1-2H3. The van der Waals surface area contributed by atoms with Crippen molar-refractivity contribution >= 4 is 11.8 Å². The van der Waals surface area contributed by atoms with E-state index in [4.69, 9.17) is 9.47 Å². The van der Waals surface area contributed by atoms with Crippen LogP contribution in [-0.2, 0) is 6.54 Å². The molecule has 1 aromatic heterocycles. The van der Waals surface area contributed by atoms with Crippen LogP contribution in [0, 0.1) is 0 Å². The fourth-order valence-corrected chi connectivity index (χ4v) is 3.44. The minimum Gasteiger partial charge on any atom is -0.490 e. The summed E-state index contributed by atoms with van der Waals surface area (Å²) >= 11 is 1.62. The van der Waals surface area contributed by atoms with Crippen molar-refractivity contribution in [3.05, 3.63) is 54.1 Å². The van der Waals surface area contributed by atoms with E-state index in [1.165, 1.54) is 0 Å². The van der Waals surface area contributed by atoms with Crippen LogP contribution in [0.3, 0.4) is 0 Å². The lowest BCUT2D eigenvalue weighted by Crippen LogP contribution is -2.17. The smallest absolute Gasteiger partial charge is 0.214 e. The number of para-hydroxylation sites is 1. The molecule has 0 amide bonds.